The van der Waals surface area contributed by atoms with Gasteiger partial charge in [-0.05, 0) is 6.92 Å². The first kappa shape index (κ1) is 8.27. The molecule has 0 bridgehead atoms. The van der Waals surface area contributed by atoms with Gasteiger partial charge < -0.3 is 4.90 Å². The van der Waals surface area contributed by atoms with Crippen molar-refractivity contribution in [3.8, 4) is 0 Å². The molecule has 1 heterocycles. The first-order valence-corrected chi connectivity index (χ1v) is 3.65. The van der Waals surface area contributed by atoms with Crippen molar-refractivity contribution in [2.24, 2.45) is 0 Å². The molecule has 11 heavy (non-hydrogen) atoms. The van der Waals surface area contributed by atoms with E-state index in [1.54, 1.807) is 6.20 Å². The minimum Gasteiger partial charge on any atom is -0.361 e. The summed E-state index contributed by atoms with van der Waals surface area (Å²) in [6.07, 6.45) is 1.61. The molecule has 3 nitrogen and oxygen atoms in total. The van der Waals surface area contributed by atoms with Gasteiger partial charge in [-0.1, -0.05) is 11.6 Å². The minimum atomic E-state index is 0.584. The Balaban J connectivity index is 3.13. The van der Waals surface area contributed by atoms with Crippen LogP contribution in [0.4, 0.5) is 5.82 Å². The molecule has 0 fully saturated rings. The maximum absolute atomic E-state index is 5.82. The molecule has 1 rings (SSSR count). The molecule has 60 valence electrons. The summed E-state index contributed by atoms with van der Waals surface area (Å²) in [6, 6.07) is 0. The first-order valence-electron chi connectivity index (χ1n) is 3.27. The summed E-state index contributed by atoms with van der Waals surface area (Å²) in [4.78, 5) is 9.97. The van der Waals surface area contributed by atoms with Crippen molar-refractivity contribution in [1.82, 2.24) is 9.97 Å². The molecule has 0 radical (unpaired) electrons. The molecule has 1 aromatic heterocycles. The van der Waals surface area contributed by atoms with Gasteiger partial charge in [0.25, 0.3) is 0 Å². The topological polar surface area (TPSA) is 29.0 Å². The Bertz CT molecular complexity index is 260. The van der Waals surface area contributed by atoms with Crippen LogP contribution in [0.15, 0.2) is 6.20 Å². The van der Waals surface area contributed by atoms with E-state index in [2.05, 4.69) is 9.97 Å². The van der Waals surface area contributed by atoms with E-state index in [0.717, 1.165) is 11.6 Å². The van der Waals surface area contributed by atoms with Gasteiger partial charge in [-0.3, -0.25) is 0 Å². The third-order valence-electron chi connectivity index (χ3n) is 1.27. The normalized spacial score (nSPS) is 9.82. The predicted molar refractivity (Wildman–Crippen MR) is 46.1 cm³/mol. The van der Waals surface area contributed by atoms with Gasteiger partial charge in [0.1, 0.15) is 10.8 Å². The van der Waals surface area contributed by atoms with Crippen LogP contribution in [0.25, 0.3) is 0 Å². The molecule has 0 atom stereocenters. The van der Waals surface area contributed by atoms with Crippen molar-refractivity contribution in [3.63, 3.8) is 0 Å². The van der Waals surface area contributed by atoms with Crippen molar-refractivity contribution < 1.29 is 0 Å². The Labute approximate surface area is 71.0 Å². The smallest absolute Gasteiger partial charge is 0.150 e. The van der Waals surface area contributed by atoms with Crippen LogP contribution < -0.4 is 4.90 Å². The van der Waals surface area contributed by atoms with E-state index in [4.69, 9.17) is 11.6 Å². The van der Waals surface area contributed by atoms with Gasteiger partial charge in [-0.25, -0.2) is 9.97 Å². The summed E-state index contributed by atoms with van der Waals surface area (Å²) in [5.41, 5.74) is 0. The van der Waals surface area contributed by atoms with Crippen molar-refractivity contribution in [3.05, 3.63) is 17.0 Å². The van der Waals surface area contributed by atoms with Gasteiger partial charge in [0, 0.05) is 14.1 Å². The Morgan fingerprint density at radius 3 is 2.55 bits per heavy atom. The molecule has 0 N–H and O–H groups in total. The highest BCUT2D eigenvalue weighted by Gasteiger charge is 2.03. The van der Waals surface area contributed by atoms with E-state index in [1.165, 1.54) is 0 Å². The van der Waals surface area contributed by atoms with Crippen molar-refractivity contribution in [2.75, 3.05) is 19.0 Å². The van der Waals surface area contributed by atoms with Crippen molar-refractivity contribution in [1.29, 1.82) is 0 Å². The van der Waals surface area contributed by atoms with Crippen molar-refractivity contribution in [2.45, 2.75) is 6.92 Å². The highest BCUT2D eigenvalue weighted by atomic mass is 35.5. The van der Waals surface area contributed by atoms with Gasteiger partial charge >= 0.3 is 0 Å². The summed E-state index contributed by atoms with van der Waals surface area (Å²) in [6.45, 7) is 1.84. The minimum absolute atomic E-state index is 0.584. The number of rotatable bonds is 1. The SMILES string of the molecule is Cc1ncc(Cl)c(N(C)C)n1. The van der Waals surface area contributed by atoms with Crippen LogP contribution >= 0.6 is 11.6 Å². The summed E-state index contributed by atoms with van der Waals surface area (Å²) >= 11 is 5.82. The molecule has 0 aromatic carbocycles. The van der Waals surface area contributed by atoms with Gasteiger partial charge in [0.2, 0.25) is 0 Å². The number of aromatic nitrogens is 2. The highest BCUT2D eigenvalue weighted by Crippen LogP contribution is 2.19. The zero-order chi connectivity index (χ0) is 8.43. The third kappa shape index (κ3) is 1.80. The fraction of sp³-hybridized carbons (Fsp3) is 0.429. The molecule has 0 amide bonds. The average Bonchev–Trinajstić information content (AvgIpc) is 1.94. The molecular weight excluding hydrogens is 162 g/mol. The second-order valence-electron chi connectivity index (χ2n) is 2.48. The first-order chi connectivity index (χ1) is 5.11. The Morgan fingerprint density at radius 2 is 2.09 bits per heavy atom. The number of nitrogens with zero attached hydrogens (tertiary/aromatic N) is 3. The molecule has 0 aliphatic heterocycles. The van der Waals surface area contributed by atoms with Gasteiger partial charge in [0.15, 0.2) is 5.82 Å². The molecule has 0 aliphatic carbocycles. The largest absolute Gasteiger partial charge is 0.361 e. The van der Waals surface area contributed by atoms with E-state index in [1.807, 2.05) is 25.9 Å². The summed E-state index contributed by atoms with van der Waals surface area (Å²) < 4.78 is 0. The summed E-state index contributed by atoms with van der Waals surface area (Å²) in [5.74, 6) is 1.50. The maximum atomic E-state index is 5.82. The summed E-state index contributed by atoms with van der Waals surface area (Å²) in [7, 11) is 3.79. The fourth-order valence-corrected chi connectivity index (χ4v) is 1.02. The number of hydrogen-bond acceptors (Lipinski definition) is 3. The standard InChI is InChI=1S/C7H10ClN3/c1-5-9-4-6(8)7(10-5)11(2)3/h4H,1-3H3. The second kappa shape index (κ2) is 3.05. The number of hydrogen-bond donors (Lipinski definition) is 0. The summed E-state index contributed by atoms with van der Waals surface area (Å²) in [5, 5.41) is 0.584. The number of anilines is 1. The predicted octanol–water partition coefficient (Wildman–Crippen LogP) is 1.50. The average molecular weight is 172 g/mol. The van der Waals surface area contributed by atoms with E-state index in [-0.39, 0.29) is 0 Å². The Morgan fingerprint density at radius 1 is 1.45 bits per heavy atom. The van der Waals surface area contributed by atoms with Crippen molar-refractivity contribution >= 4 is 17.4 Å². The lowest BCUT2D eigenvalue weighted by Crippen LogP contribution is -2.12. The molecule has 1 aromatic rings. The molecule has 0 unspecified atom stereocenters. The zero-order valence-electron chi connectivity index (χ0n) is 6.80. The fourth-order valence-electron chi connectivity index (χ4n) is 0.757. The van der Waals surface area contributed by atoms with Crippen LogP contribution in [0.3, 0.4) is 0 Å². The van der Waals surface area contributed by atoms with Gasteiger partial charge in [0.05, 0.1) is 6.20 Å². The van der Waals surface area contributed by atoms with Gasteiger partial charge in [-0.15, -0.1) is 0 Å². The van der Waals surface area contributed by atoms with E-state index < -0.39 is 0 Å². The lowest BCUT2D eigenvalue weighted by Gasteiger charge is -2.12. The van der Waals surface area contributed by atoms with Crippen LogP contribution in [0.5, 0.6) is 0 Å². The van der Waals surface area contributed by atoms with Gasteiger partial charge in [-0.2, -0.15) is 0 Å². The third-order valence-corrected chi connectivity index (χ3v) is 1.54. The molecule has 0 saturated heterocycles. The monoisotopic (exact) mass is 171 g/mol. The van der Waals surface area contributed by atoms with Crippen LogP contribution in [-0.2, 0) is 0 Å². The second-order valence-corrected chi connectivity index (χ2v) is 2.89. The lowest BCUT2D eigenvalue weighted by molar-refractivity contribution is 0.989. The van der Waals surface area contributed by atoms with Crippen LogP contribution in [0, 0.1) is 6.92 Å². The molecule has 0 saturated carbocycles. The zero-order valence-corrected chi connectivity index (χ0v) is 7.55. The van der Waals surface area contributed by atoms with E-state index in [0.29, 0.717) is 5.02 Å². The van der Waals surface area contributed by atoms with E-state index in [9.17, 15) is 0 Å². The van der Waals surface area contributed by atoms with Crippen LogP contribution in [0.1, 0.15) is 5.82 Å². The number of halogens is 1. The molecule has 0 spiro atoms. The quantitative estimate of drug-likeness (QED) is 0.642. The van der Waals surface area contributed by atoms with Crippen LogP contribution in [-0.4, -0.2) is 24.1 Å². The Hall–Kier alpha value is -0.830. The molecule has 4 heteroatoms. The lowest BCUT2D eigenvalue weighted by atomic mass is 10.5. The molecular formula is C7H10ClN3. The maximum Gasteiger partial charge on any atom is 0.150 e. The Kier molecular flexibility index (Phi) is 2.29. The highest BCUT2D eigenvalue weighted by molar-refractivity contribution is 6.32. The van der Waals surface area contributed by atoms with Crippen LogP contribution in [0.2, 0.25) is 5.02 Å². The number of aryl methyl sites for hydroxylation is 1. The molecule has 0 aliphatic rings. The van der Waals surface area contributed by atoms with E-state index >= 15 is 0 Å².